The van der Waals surface area contributed by atoms with Gasteiger partial charge in [0.15, 0.2) is 5.82 Å². The predicted molar refractivity (Wildman–Crippen MR) is 65.8 cm³/mol. The largest absolute Gasteiger partial charge is 0.391 e. The second-order valence-corrected chi connectivity index (χ2v) is 5.02. The van der Waals surface area contributed by atoms with E-state index in [4.69, 9.17) is 10.3 Å². The van der Waals surface area contributed by atoms with Crippen molar-refractivity contribution in [1.29, 1.82) is 0 Å². The van der Waals surface area contributed by atoms with Crippen molar-refractivity contribution >= 4 is 0 Å². The lowest BCUT2D eigenvalue weighted by Crippen LogP contribution is -2.45. The molecule has 102 valence electrons. The summed E-state index contributed by atoms with van der Waals surface area (Å²) in [5.41, 5.74) is 5.77. The van der Waals surface area contributed by atoms with Crippen LogP contribution in [0.4, 0.5) is 0 Å². The average Bonchev–Trinajstić information content (AvgIpc) is 2.80. The van der Waals surface area contributed by atoms with Crippen molar-refractivity contribution in [2.75, 3.05) is 33.7 Å². The Hall–Kier alpha value is -1.02. The zero-order valence-corrected chi connectivity index (χ0v) is 11.1. The van der Waals surface area contributed by atoms with E-state index in [0.29, 0.717) is 11.7 Å². The number of nitrogens with zero attached hydrogens (tertiary/aromatic N) is 4. The zero-order chi connectivity index (χ0) is 13.3. The first-order valence-corrected chi connectivity index (χ1v) is 6.15. The van der Waals surface area contributed by atoms with Crippen molar-refractivity contribution in [2.45, 2.75) is 25.1 Å². The van der Waals surface area contributed by atoms with Gasteiger partial charge in [0.1, 0.15) is 6.04 Å². The van der Waals surface area contributed by atoms with Gasteiger partial charge in [-0.25, -0.2) is 0 Å². The normalized spacial score (nSPS) is 26.2. The van der Waals surface area contributed by atoms with E-state index in [0.717, 1.165) is 19.6 Å². The Labute approximate surface area is 107 Å². The zero-order valence-electron chi connectivity index (χ0n) is 11.1. The molecule has 1 aliphatic heterocycles. The minimum absolute atomic E-state index is 0.113. The summed E-state index contributed by atoms with van der Waals surface area (Å²) in [4.78, 5) is 8.74. The summed E-state index contributed by atoms with van der Waals surface area (Å²) in [5.74, 6) is 0.928. The van der Waals surface area contributed by atoms with Crippen LogP contribution in [0, 0.1) is 0 Å². The minimum atomic E-state index is -0.704. The maximum atomic E-state index is 9.42. The summed E-state index contributed by atoms with van der Waals surface area (Å²) in [5, 5.41) is 13.4. The molecule has 0 aliphatic carbocycles. The van der Waals surface area contributed by atoms with E-state index in [-0.39, 0.29) is 6.04 Å². The number of aliphatic hydroxyl groups excluding tert-OH is 1. The van der Waals surface area contributed by atoms with Crippen LogP contribution in [0.25, 0.3) is 0 Å². The van der Waals surface area contributed by atoms with Crippen LogP contribution >= 0.6 is 0 Å². The van der Waals surface area contributed by atoms with E-state index >= 15 is 0 Å². The maximum absolute atomic E-state index is 9.42. The number of rotatable bonds is 3. The van der Waals surface area contributed by atoms with Crippen LogP contribution in [0.5, 0.6) is 0 Å². The van der Waals surface area contributed by atoms with Crippen molar-refractivity contribution < 1.29 is 9.63 Å². The molecule has 7 nitrogen and oxygen atoms in total. The van der Waals surface area contributed by atoms with Crippen LogP contribution < -0.4 is 5.73 Å². The highest BCUT2D eigenvalue weighted by Gasteiger charge is 2.29. The summed E-state index contributed by atoms with van der Waals surface area (Å²) >= 11 is 0. The van der Waals surface area contributed by atoms with Crippen LogP contribution in [0.3, 0.4) is 0 Å². The van der Waals surface area contributed by atoms with Gasteiger partial charge in [-0.05, 0) is 21.0 Å². The maximum Gasteiger partial charge on any atom is 0.246 e. The number of nitrogens with two attached hydrogens (primary N) is 1. The molecule has 7 heteroatoms. The molecule has 1 aliphatic rings. The molecule has 0 radical (unpaired) electrons. The smallest absolute Gasteiger partial charge is 0.246 e. The predicted octanol–water partition coefficient (Wildman–Crippen LogP) is -0.631. The first-order chi connectivity index (χ1) is 8.49. The molecule has 0 aromatic carbocycles. The minimum Gasteiger partial charge on any atom is -0.391 e. The lowest BCUT2D eigenvalue weighted by Gasteiger charge is -2.35. The average molecular weight is 255 g/mol. The van der Waals surface area contributed by atoms with E-state index in [9.17, 15) is 5.11 Å². The van der Waals surface area contributed by atoms with Crippen molar-refractivity contribution in [3.63, 3.8) is 0 Å². The summed E-state index contributed by atoms with van der Waals surface area (Å²) in [6, 6.07) is -0.514. The van der Waals surface area contributed by atoms with Crippen LogP contribution in [-0.2, 0) is 0 Å². The van der Waals surface area contributed by atoms with Gasteiger partial charge in [-0.15, -0.1) is 0 Å². The highest BCUT2D eigenvalue weighted by molar-refractivity contribution is 5.00. The summed E-state index contributed by atoms with van der Waals surface area (Å²) in [6.07, 6.45) is -0.704. The lowest BCUT2D eigenvalue weighted by atomic mass is 10.1. The fourth-order valence-corrected chi connectivity index (χ4v) is 2.01. The molecule has 0 spiro atoms. The van der Waals surface area contributed by atoms with Crippen molar-refractivity contribution in [2.24, 2.45) is 5.73 Å². The van der Waals surface area contributed by atoms with Crippen LogP contribution in [0.15, 0.2) is 4.52 Å². The first kappa shape index (κ1) is 13.4. The monoisotopic (exact) mass is 255 g/mol. The van der Waals surface area contributed by atoms with Crippen LogP contribution in [0.1, 0.15) is 30.7 Å². The van der Waals surface area contributed by atoms with Gasteiger partial charge in [0.05, 0.1) is 12.1 Å². The van der Waals surface area contributed by atoms with E-state index in [1.54, 1.807) is 6.92 Å². The van der Waals surface area contributed by atoms with E-state index in [1.807, 2.05) is 7.05 Å². The van der Waals surface area contributed by atoms with Gasteiger partial charge in [0, 0.05) is 19.6 Å². The fourth-order valence-electron chi connectivity index (χ4n) is 2.01. The highest BCUT2D eigenvalue weighted by Crippen LogP contribution is 2.22. The van der Waals surface area contributed by atoms with E-state index in [1.165, 1.54) is 0 Å². The van der Waals surface area contributed by atoms with Crippen molar-refractivity contribution in [3.8, 4) is 0 Å². The SMILES string of the molecule is C[C@@H](O)[C@H](N)c1nc(C2CN(C)CCN2C)no1. The molecule has 1 fully saturated rings. The van der Waals surface area contributed by atoms with Crippen molar-refractivity contribution in [1.82, 2.24) is 19.9 Å². The van der Waals surface area contributed by atoms with Gasteiger partial charge in [0.2, 0.25) is 5.89 Å². The van der Waals surface area contributed by atoms with E-state index in [2.05, 4.69) is 27.0 Å². The first-order valence-electron chi connectivity index (χ1n) is 6.15. The molecule has 3 atom stereocenters. The number of aliphatic hydroxyl groups is 1. The standard InChI is InChI=1S/C11H21N5O2/c1-7(17)9(12)11-13-10(14-18-11)8-6-15(2)4-5-16(8)3/h7-9,17H,4-6,12H2,1-3H3/t7-,8?,9+/m1/s1. The van der Waals surface area contributed by atoms with Gasteiger partial charge >= 0.3 is 0 Å². The molecule has 1 aromatic heterocycles. The Bertz CT molecular complexity index is 395. The molecule has 1 unspecified atom stereocenters. The molecule has 0 bridgehead atoms. The highest BCUT2D eigenvalue weighted by atomic mass is 16.5. The van der Waals surface area contributed by atoms with Crippen LogP contribution in [0.2, 0.25) is 0 Å². The summed E-state index contributed by atoms with van der Waals surface area (Å²) in [7, 11) is 4.12. The van der Waals surface area contributed by atoms with Gasteiger partial charge < -0.3 is 20.3 Å². The second kappa shape index (κ2) is 5.31. The number of piperazine rings is 1. The van der Waals surface area contributed by atoms with Gasteiger partial charge in [-0.1, -0.05) is 5.16 Å². The topological polar surface area (TPSA) is 91.7 Å². The molecular formula is C11H21N5O2. The number of aromatic nitrogens is 2. The fraction of sp³-hybridized carbons (Fsp3) is 0.818. The number of hydrogen-bond donors (Lipinski definition) is 2. The molecule has 1 saturated heterocycles. The molecule has 0 saturated carbocycles. The summed E-state index contributed by atoms with van der Waals surface area (Å²) < 4.78 is 5.13. The Balaban J connectivity index is 2.13. The van der Waals surface area contributed by atoms with Crippen LogP contribution in [-0.4, -0.2) is 64.9 Å². The third kappa shape index (κ3) is 2.69. The molecular weight excluding hydrogens is 234 g/mol. The van der Waals surface area contributed by atoms with Gasteiger partial charge in [-0.2, -0.15) is 4.98 Å². The molecule has 2 rings (SSSR count). The molecule has 1 aromatic rings. The number of likely N-dealkylation sites (N-methyl/N-ethyl adjacent to an activating group) is 2. The Morgan fingerprint density at radius 2 is 2.17 bits per heavy atom. The molecule has 3 N–H and O–H groups in total. The Morgan fingerprint density at radius 3 is 2.83 bits per heavy atom. The Kier molecular flexibility index (Phi) is 3.96. The quantitative estimate of drug-likeness (QED) is 0.743. The summed E-state index contributed by atoms with van der Waals surface area (Å²) in [6.45, 7) is 4.47. The third-order valence-electron chi connectivity index (χ3n) is 3.41. The number of hydrogen-bond acceptors (Lipinski definition) is 7. The van der Waals surface area contributed by atoms with E-state index < -0.39 is 12.1 Å². The molecule has 0 amide bonds. The second-order valence-electron chi connectivity index (χ2n) is 5.02. The van der Waals surface area contributed by atoms with Gasteiger partial charge in [0.25, 0.3) is 0 Å². The molecule has 18 heavy (non-hydrogen) atoms. The lowest BCUT2D eigenvalue weighted by molar-refractivity contribution is 0.108. The molecule has 2 heterocycles. The van der Waals surface area contributed by atoms with Crippen molar-refractivity contribution in [3.05, 3.63) is 11.7 Å². The third-order valence-corrected chi connectivity index (χ3v) is 3.41. The Morgan fingerprint density at radius 1 is 1.44 bits per heavy atom. The van der Waals surface area contributed by atoms with Gasteiger partial charge in [-0.3, -0.25) is 4.90 Å².